The van der Waals surface area contributed by atoms with Crippen molar-refractivity contribution in [3.63, 3.8) is 0 Å². The number of nitrogens with one attached hydrogen (secondary N) is 1. The average molecular weight is 403 g/mol. The Labute approximate surface area is 161 Å². The third-order valence-corrected chi connectivity index (χ3v) is 4.98. The second-order valence-electron chi connectivity index (χ2n) is 5.63. The van der Waals surface area contributed by atoms with Gasteiger partial charge in [0, 0.05) is 18.2 Å². The number of hydrogen-bond donors (Lipinski definition) is 1. The first-order chi connectivity index (χ1) is 13.5. The van der Waals surface area contributed by atoms with Gasteiger partial charge in [-0.15, -0.1) is 0 Å². The molecule has 10 nitrogen and oxygen atoms in total. The van der Waals surface area contributed by atoms with E-state index in [0.29, 0.717) is 17.0 Å². The lowest BCUT2D eigenvalue weighted by molar-refractivity contribution is -0.385. The Hall–Kier alpha value is -3.60. The Morgan fingerprint density at radius 3 is 2.54 bits per heavy atom. The number of hydrogen-bond acceptors (Lipinski definition) is 9. The number of rotatable bonds is 5. The summed E-state index contributed by atoms with van der Waals surface area (Å²) in [4.78, 5) is 27.8. The lowest BCUT2D eigenvalue weighted by Crippen LogP contribution is -2.14. The van der Waals surface area contributed by atoms with Gasteiger partial charge in [-0.1, -0.05) is 11.3 Å². The van der Waals surface area contributed by atoms with E-state index in [0.717, 1.165) is 10.8 Å². The van der Waals surface area contributed by atoms with Crippen LogP contribution in [0.2, 0.25) is 0 Å². The minimum atomic E-state index is -0.688. The van der Waals surface area contributed by atoms with Crippen LogP contribution in [0, 0.1) is 10.1 Å². The number of benzene rings is 2. The number of carbonyl (C=O) groups is 1. The number of nitrogens with zero attached hydrogens (tertiary/aromatic N) is 2. The molecule has 0 radical (unpaired) electrons. The summed E-state index contributed by atoms with van der Waals surface area (Å²) in [5.41, 5.74) is 0.0412. The summed E-state index contributed by atoms with van der Waals surface area (Å²) in [5, 5.41) is 14.3. The van der Waals surface area contributed by atoms with Gasteiger partial charge in [0.25, 0.3) is 11.6 Å². The molecule has 0 atom stereocenters. The zero-order valence-electron chi connectivity index (χ0n) is 14.7. The van der Waals surface area contributed by atoms with E-state index < -0.39 is 16.5 Å². The van der Waals surface area contributed by atoms with E-state index in [1.807, 2.05) is 0 Å². The summed E-state index contributed by atoms with van der Waals surface area (Å²) >= 11 is 1.21. The van der Waals surface area contributed by atoms with E-state index in [-0.39, 0.29) is 29.0 Å². The molecular formula is C17H13N3O7S. The normalized spacial score (nSPS) is 12.1. The van der Waals surface area contributed by atoms with Crippen LogP contribution < -0.4 is 24.3 Å². The van der Waals surface area contributed by atoms with Crippen molar-refractivity contribution in [2.75, 3.05) is 26.3 Å². The largest absolute Gasteiger partial charge is 0.493 e. The van der Waals surface area contributed by atoms with Gasteiger partial charge in [-0.25, -0.2) is 4.98 Å². The minimum Gasteiger partial charge on any atom is -0.493 e. The molecule has 0 fully saturated rings. The fourth-order valence-electron chi connectivity index (χ4n) is 2.74. The molecule has 1 amide bonds. The summed E-state index contributed by atoms with van der Waals surface area (Å²) in [6, 6.07) is 5.88. The van der Waals surface area contributed by atoms with Gasteiger partial charge in [0.15, 0.2) is 28.1 Å². The predicted octanol–water partition coefficient (Wildman–Crippen LogP) is 3.20. The number of fused-ring (bicyclic) bond motifs is 2. The van der Waals surface area contributed by atoms with Crippen LogP contribution in [0.5, 0.6) is 23.0 Å². The molecule has 2 aromatic carbocycles. The van der Waals surface area contributed by atoms with Gasteiger partial charge in [-0.05, 0) is 0 Å². The Kier molecular flexibility index (Phi) is 4.35. The Bertz CT molecular complexity index is 1070. The minimum absolute atomic E-state index is 0.152. The van der Waals surface area contributed by atoms with E-state index in [1.54, 1.807) is 12.1 Å². The molecule has 0 bridgehead atoms. The molecule has 1 aromatic heterocycles. The van der Waals surface area contributed by atoms with E-state index in [9.17, 15) is 14.9 Å². The van der Waals surface area contributed by atoms with Crippen LogP contribution in [0.3, 0.4) is 0 Å². The number of amides is 1. The van der Waals surface area contributed by atoms with Crippen molar-refractivity contribution in [3.8, 4) is 23.0 Å². The van der Waals surface area contributed by atoms with Crippen LogP contribution in [0.4, 0.5) is 10.8 Å². The van der Waals surface area contributed by atoms with E-state index in [1.165, 1.54) is 31.6 Å². The van der Waals surface area contributed by atoms with E-state index >= 15 is 0 Å². The average Bonchev–Trinajstić information content (AvgIpc) is 3.29. The molecule has 144 valence electrons. The molecule has 0 aliphatic carbocycles. The van der Waals surface area contributed by atoms with Gasteiger partial charge < -0.3 is 18.9 Å². The predicted molar refractivity (Wildman–Crippen MR) is 99.9 cm³/mol. The van der Waals surface area contributed by atoms with Gasteiger partial charge in [0.2, 0.25) is 6.79 Å². The van der Waals surface area contributed by atoms with Gasteiger partial charge in [-0.3, -0.25) is 20.2 Å². The molecule has 2 heterocycles. The fourth-order valence-corrected chi connectivity index (χ4v) is 3.61. The molecule has 1 N–H and O–H groups in total. The molecule has 0 spiro atoms. The highest BCUT2D eigenvalue weighted by Gasteiger charge is 2.25. The third kappa shape index (κ3) is 3.01. The van der Waals surface area contributed by atoms with Crippen molar-refractivity contribution in [2.45, 2.75) is 0 Å². The molecular weight excluding hydrogens is 390 g/mol. The number of nitro benzene ring substituents is 1. The molecule has 0 saturated heterocycles. The van der Waals surface area contributed by atoms with Crippen LogP contribution in [0.25, 0.3) is 10.2 Å². The number of nitro groups is 1. The molecule has 3 aromatic rings. The highest BCUT2D eigenvalue weighted by molar-refractivity contribution is 7.22. The maximum atomic E-state index is 12.7. The summed E-state index contributed by atoms with van der Waals surface area (Å²) < 4.78 is 21.6. The zero-order chi connectivity index (χ0) is 19.8. The van der Waals surface area contributed by atoms with Crippen molar-refractivity contribution in [1.29, 1.82) is 0 Å². The Morgan fingerprint density at radius 1 is 1.18 bits per heavy atom. The van der Waals surface area contributed by atoms with Gasteiger partial charge >= 0.3 is 0 Å². The van der Waals surface area contributed by atoms with Crippen molar-refractivity contribution >= 4 is 38.3 Å². The molecule has 11 heteroatoms. The highest BCUT2D eigenvalue weighted by atomic mass is 32.1. The quantitative estimate of drug-likeness (QED) is 0.509. The van der Waals surface area contributed by atoms with Gasteiger partial charge in [0.1, 0.15) is 5.56 Å². The number of methoxy groups -OCH3 is 2. The molecule has 0 saturated carbocycles. The van der Waals surface area contributed by atoms with Crippen molar-refractivity contribution in [1.82, 2.24) is 4.98 Å². The van der Waals surface area contributed by atoms with E-state index in [2.05, 4.69) is 10.3 Å². The first-order valence-corrected chi connectivity index (χ1v) is 8.73. The molecule has 1 aliphatic rings. The summed E-state index contributed by atoms with van der Waals surface area (Å²) in [6.45, 7) is 0.152. The monoisotopic (exact) mass is 403 g/mol. The second kappa shape index (κ2) is 6.85. The van der Waals surface area contributed by atoms with Crippen molar-refractivity contribution in [3.05, 3.63) is 39.9 Å². The standard InChI is InChI=1S/C17H13N3O7S/c1-24-11-3-8(10(20(22)23)5-12(11)25-2)16(21)19-17-18-9-4-13-14(27-7-26-13)6-15(9)28-17/h3-6H,7H2,1-2H3,(H,18,19,21). The number of aromatic nitrogens is 1. The fraction of sp³-hybridized carbons (Fsp3) is 0.176. The summed E-state index contributed by atoms with van der Waals surface area (Å²) in [5.74, 6) is 0.844. The number of thiazole rings is 1. The lowest BCUT2D eigenvalue weighted by Gasteiger charge is -2.10. The highest BCUT2D eigenvalue weighted by Crippen LogP contribution is 2.39. The number of ether oxygens (including phenoxy) is 4. The lowest BCUT2D eigenvalue weighted by atomic mass is 10.1. The summed E-state index contributed by atoms with van der Waals surface area (Å²) in [7, 11) is 2.73. The van der Waals surface area contributed by atoms with Gasteiger partial charge in [-0.2, -0.15) is 0 Å². The number of carbonyl (C=O) groups excluding carboxylic acids is 1. The maximum Gasteiger partial charge on any atom is 0.286 e. The van der Waals surface area contributed by atoms with Gasteiger partial charge in [0.05, 0.1) is 35.4 Å². The SMILES string of the molecule is COc1cc(C(=O)Nc2nc3cc4c(cc3s2)OCO4)c([N+](=O)[O-])cc1OC. The zero-order valence-corrected chi connectivity index (χ0v) is 15.5. The molecule has 1 aliphatic heterocycles. The van der Waals surface area contributed by atoms with Crippen LogP contribution in [0.1, 0.15) is 10.4 Å². The Morgan fingerprint density at radius 2 is 1.86 bits per heavy atom. The smallest absolute Gasteiger partial charge is 0.286 e. The van der Waals surface area contributed by atoms with Crippen LogP contribution >= 0.6 is 11.3 Å². The summed E-state index contributed by atoms with van der Waals surface area (Å²) in [6.07, 6.45) is 0. The number of anilines is 1. The molecule has 28 heavy (non-hydrogen) atoms. The first-order valence-electron chi connectivity index (χ1n) is 7.92. The van der Waals surface area contributed by atoms with Crippen LogP contribution in [0.15, 0.2) is 24.3 Å². The van der Waals surface area contributed by atoms with Crippen molar-refractivity contribution < 1.29 is 28.7 Å². The van der Waals surface area contributed by atoms with Crippen LogP contribution in [-0.4, -0.2) is 36.8 Å². The molecule has 0 unspecified atom stereocenters. The van der Waals surface area contributed by atoms with Crippen LogP contribution in [-0.2, 0) is 0 Å². The maximum absolute atomic E-state index is 12.7. The topological polar surface area (TPSA) is 122 Å². The second-order valence-corrected chi connectivity index (χ2v) is 6.66. The van der Waals surface area contributed by atoms with E-state index in [4.69, 9.17) is 18.9 Å². The third-order valence-electron chi connectivity index (χ3n) is 4.05. The Balaban J connectivity index is 1.68. The van der Waals surface area contributed by atoms with Crippen molar-refractivity contribution in [2.24, 2.45) is 0 Å². The molecule has 4 rings (SSSR count). The first kappa shape index (κ1) is 17.8.